The molecule has 0 spiro atoms. The third kappa shape index (κ3) is 3.43. The molecule has 4 N–H and O–H groups in total. The van der Waals surface area contributed by atoms with Crippen LogP contribution < -0.4 is 15.8 Å². The van der Waals surface area contributed by atoms with Crippen molar-refractivity contribution in [2.75, 3.05) is 23.7 Å². The average molecular weight is 297 g/mol. The molecule has 0 unspecified atom stereocenters. The van der Waals surface area contributed by atoms with Crippen LogP contribution in [0.2, 0.25) is 0 Å². The summed E-state index contributed by atoms with van der Waals surface area (Å²) in [5.74, 6) is 0.753. The van der Waals surface area contributed by atoms with Gasteiger partial charge in [-0.3, -0.25) is 0 Å². The zero-order valence-corrected chi connectivity index (χ0v) is 12.7. The van der Waals surface area contributed by atoms with E-state index < -0.39 is 10.0 Å². The van der Waals surface area contributed by atoms with E-state index >= 15 is 0 Å². The van der Waals surface area contributed by atoms with Crippen molar-refractivity contribution in [3.05, 3.63) is 18.2 Å². The molecule has 1 aliphatic heterocycles. The Morgan fingerprint density at radius 1 is 1.30 bits per heavy atom. The standard InChI is InChI=1S/C14H23N3O2S/c1-2-3-11-6-8-17(9-7-11)13-5-4-12(15)10-14(13)20(16,18)19/h4-5,10-11H,2-3,6-9,15H2,1H3,(H2,16,18,19). The Hall–Kier alpha value is -1.27. The number of hydrogen-bond acceptors (Lipinski definition) is 4. The number of piperidine rings is 1. The van der Waals surface area contributed by atoms with E-state index in [0.29, 0.717) is 11.4 Å². The van der Waals surface area contributed by atoms with Gasteiger partial charge in [-0.05, 0) is 37.0 Å². The molecule has 1 aromatic carbocycles. The van der Waals surface area contributed by atoms with Gasteiger partial charge in [-0.15, -0.1) is 0 Å². The monoisotopic (exact) mass is 297 g/mol. The van der Waals surface area contributed by atoms with Gasteiger partial charge in [-0.1, -0.05) is 19.8 Å². The predicted octanol–water partition coefficient (Wildman–Crippen LogP) is 1.93. The van der Waals surface area contributed by atoms with Crippen LogP contribution in [0, 0.1) is 5.92 Å². The highest BCUT2D eigenvalue weighted by atomic mass is 32.2. The highest BCUT2D eigenvalue weighted by Gasteiger charge is 2.23. The smallest absolute Gasteiger partial charge is 0.240 e. The van der Waals surface area contributed by atoms with Gasteiger partial charge in [0.15, 0.2) is 0 Å². The molecular formula is C14H23N3O2S. The van der Waals surface area contributed by atoms with Crippen LogP contribution in [0.5, 0.6) is 0 Å². The van der Waals surface area contributed by atoms with E-state index in [1.807, 2.05) is 0 Å². The normalized spacial score (nSPS) is 17.4. The number of sulfonamides is 1. The molecule has 0 aromatic heterocycles. The van der Waals surface area contributed by atoms with Crippen molar-refractivity contribution in [1.82, 2.24) is 0 Å². The first-order valence-electron chi connectivity index (χ1n) is 7.09. The molecule has 1 aromatic rings. The first-order valence-corrected chi connectivity index (χ1v) is 8.63. The van der Waals surface area contributed by atoms with E-state index in [2.05, 4.69) is 11.8 Å². The van der Waals surface area contributed by atoms with Crippen molar-refractivity contribution < 1.29 is 8.42 Å². The number of nitrogens with zero attached hydrogens (tertiary/aromatic N) is 1. The molecule has 1 heterocycles. The van der Waals surface area contributed by atoms with Crippen LogP contribution >= 0.6 is 0 Å². The minimum atomic E-state index is -3.75. The van der Waals surface area contributed by atoms with Crippen molar-refractivity contribution in [3.63, 3.8) is 0 Å². The minimum Gasteiger partial charge on any atom is -0.399 e. The Kier molecular flexibility index (Phi) is 4.55. The molecule has 0 radical (unpaired) electrons. The van der Waals surface area contributed by atoms with E-state index in [0.717, 1.165) is 31.8 Å². The summed E-state index contributed by atoms with van der Waals surface area (Å²) >= 11 is 0. The van der Waals surface area contributed by atoms with Gasteiger partial charge in [-0.2, -0.15) is 0 Å². The number of nitrogen functional groups attached to an aromatic ring is 1. The van der Waals surface area contributed by atoms with Crippen molar-refractivity contribution in [3.8, 4) is 0 Å². The van der Waals surface area contributed by atoms with Gasteiger partial charge in [0.05, 0.1) is 5.69 Å². The molecule has 6 heteroatoms. The summed E-state index contributed by atoms with van der Waals surface area (Å²) < 4.78 is 23.4. The number of hydrogen-bond donors (Lipinski definition) is 2. The second-order valence-electron chi connectivity index (χ2n) is 5.49. The summed E-state index contributed by atoms with van der Waals surface area (Å²) in [6, 6.07) is 4.93. The third-order valence-corrected chi connectivity index (χ3v) is 4.88. The van der Waals surface area contributed by atoms with Gasteiger partial charge in [0.1, 0.15) is 4.90 Å². The topological polar surface area (TPSA) is 89.4 Å². The van der Waals surface area contributed by atoms with Crippen LogP contribution in [0.3, 0.4) is 0 Å². The maximum absolute atomic E-state index is 11.7. The lowest BCUT2D eigenvalue weighted by molar-refractivity contribution is 0.377. The fourth-order valence-corrected chi connectivity index (χ4v) is 3.68. The molecule has 20 heavy (non-hydrogen) atoms. The molecule has 0 aliphatic carbocycles. The van der Waals surface area contributed by atoms with Crippen molar-refractivity contribution in [1.29, 1.82) is 0 Å². The number of anilines is 2. The fraction of sp³-hybridized carbons (Fsp3) is 0.571. The average Bonchev–Trinajstić information content (AvgIpc) is 2.39. The molecule has 1 fully saturated rings. The van der Waals surface area contributed by atoms with Crippen LogP contribution in [-0.2, 0) is 10.0 Å². The molecule has 0 saturated carbocycles. The van der Waals surface area contributed by atoms with Crippen molar-refractivity contribution >= 4 is 21.4 Å². The Morgan fingerprint density at radius 2 is 1.95 bits per heavy atom. The molecule has 0 bridgehead atoms. The second kappa shape index (κ2) is 6.01. The Balaban J connectivity index is 2.22. The van der Waals surface area contributed by atoms with Crippen molar-refractivity contribution in [2.24, 2.45) is 11.1 Å². The summed E-state index contributed by atoms with van der Waals surface area (Å²) in [4.78, 5) is 2.23. The number of rotatable bonds is 4. The first-order chi connectivity index (χ1) is 9.41. The molecule has 1 aliphatic rings. The maximum atomic E-state index is 11.7. The summed E-state index contributed by atoms with van der Waals surface area (Å²) in [6.45, 7) is 3.94. The highest BCUT2D eigenvalue weighted by Crippen LogP contribution is 2.31. The fourth-order valence-electron chi connectivity index (χ4n) is 2.89. The lowest BCUT2D eigenvalue weighted by Crippen LogP contribution is -2.35. The van der Waals surface area contributed by atoms with Crippen LogP contribution in [0.15, 0.2) is 23.1 Å². The molecule has 0 atom stereocenters. The quantitative estimate of drug-likeness (QED) is 0.831. The van der Waals surface area contributed by atoms with Gasteiger partial charge in [-0.25, -0.2) is 13.6 Å². The van der Waals surface area contributed by atoms with Crippen molar-refractivity contribution in [2.45, 2.75) is 37.5 Å². The lowest BCUT2D eigenvalue weighted by Gasteiger charge is -2.34. The SMILES string of the molecule is CCCC1CCN(c2ccc(N)cc2S(N)(=O)=O)CC1. The number of benzene rings is 1. The summed E-state index contributed by atoms with van der Waals surface area (Å²) in [7, 11) is -3.75. The molecule has 5 nitrogen and oxygen atoms in total. The number of nitrogens with two attached hydrogens (primary N) is 2. The Morgan fingerprint density at radius 3 is 2.50 bits per heavy atom. The van der Waals surface area contributed by atoms with Gasteiger partial charge in [0.25, 0.3) is 0 Å². The summed E-state index contributed by atoms with van der Waals surface area (Å²) in [6.07, 6.45) is 4.65. The van der Waals surface area contributed by atoms with Crippen LogP contribution in [0.25, 0.3) is 0 Å². The minimum absolute atomic E-state index is 0.131. The van der Waals surface area contributed by atoms with E-state index in [4.69, 9.17) is 10.9 Å². The molecule has 2 rings (SSSR count). The zero-order chi connectivity index (χ0) is 14.8. The predicted molar refractivity (Wildman–Crippen MR) is 82.1 cm³/mol. The summed E-state index contributed by atoms with van der Waals surface area (Å²) in [5, 5.41) is 5.30. The van der Waals surface area contributed by atoms with Crippen LogP contribution in [0.1, 0.15) is 32.6 Å². The molecular weight excluding hydrogens is 274 g/mol. The van der Waals surface area contributed by atoms with Gasteiger partial charge >= 0.3 is 0 Å². The van der Waals surface area contributed by atoms with E-state index in [-0.39, 0.29) is 4.90 Å². The molecule has 0 amide bonds. The van der Waals surface area contributed by atoms with Crippen LogP contribution in [-0.4, -0.2) is 21.5 Å². The second-order valence-corrected chi connectivity index (χ2v) is 7.02. The zero-order valence-electron chi connectivity index (χ0n) is 11.9. The van der Waals surface area contributed by atoms with Gasteiger partial charge in [0.2, 0.25) is 10.0 Å². The number of primary sulfonamides is 1. The highest BCUT2D eigenvalue weighted by molar-refractivity contribution is 7.89. The Bertz CT molecular complexity index is 564. The first kappa shape index (κ1) is 15.1. The lowest BCUT2D eigenvalue weighted by atomic mass is 9.92. The molecule has 112 valence electrons. The maximum Gasteiger partial charge on any atom is 0.240 e. The van der Waals surface area contributed by atoms with E-state index in [1.54, 1.807) is 12.1 Å². The third-order valence-electron chi connectivity index (χ3n) is 3.94. The van der Waals surface area contributed by atoms with E-state index in [1.165, 1.54) is 18.9 Å². The largest absolute Gasteiger partial charge is 0.399 e. The van der Waals surface area contributed by atoms with Gasteiger partial charge in [0, 0.05) is 18.8 Å². The van der Waals surface area contributed by atoms with Gasteiger partial charge < -0.3 is 10.6 Å². The van der Waals surface area contributed by atoms with E-state index in [9.17, 15) is 8.42 Å². The molecule has 1 saturated heterocycles. The Labute approximate surface area is 121 Å². The van der Waals surface area contributed by atoms with Crippen LogP contribution in [0.4, 0.5) is 11.4 Å². The summed E-state index contributed by atoms with van der Waals surface area (Å²) in [5.41, 5.74) is 6.77.